The topological polar surface area (TPSA) is 33.2 Å². The first-order valence-corrected chi connectivity index (χ1v) is 8.38. The van der Waals surface area contributed by atoms with Crippen molar-refractivity contribution in [2.24, 2.45) is 0 Å². The Balaban J connectivity index is 1.90. The molecule has 1 amide bonds. The highest BCUT2D eigenvalue weighted by Gasteiger charge is 2.33. The van der Waals surface area contributed by atoms with Crippen LogP contribution in [-0.2, 0) is 0 Å². The normalized spacial score (nSPS) is 13.2. The Morgan fingerprint density at radius 1 is 0.840 bits per heavy atom. The molecular formula is C22H16N2O. The van der Waals surface area contributed by atoms with Gasteiger partial charge in [0.1, 0.15) is 0 Å². The summed E-state index contributed by atoms with van der Waals surface area (Å²) in [4.78, 5) is 20.0. The quantitative estimate of drug-likeness (QED) is 0.445. The Morgan fingerprint density at radius 3 is 2.40 bits per heavy atom. The number of benzene rings is 3. The number of para-hydroxylation sites is 1. The molecular weight excluding hydrogens is 308 g/mol. The summed E-state index contributed by atoms with van der Waals surface area (Å²) in [7, 11) is 0. The molecule has 25 heavy (non-hydrogen) atoms. The number of anilines is 2. The van der Waals surface area contributed by atoms with Crippen LogP contribution in [0.5, 0.6) is 0 Å². The van der Waals surface area contributed by atoms with Gasteiger partial charge >= 0.3 is 0 Å². The summed E-state index contributed by atoms with van der Waals surface area (Å²) in [5.41, 5.74) is 6.60. The predicted molar refractivity (Wildman–Crippen MR) is 102 cm³/mol. The van der Waals surface area contributed by atoms with E-state index in [4.69, 9.17) is 4.98 Å². The lowest BCUT2D eigenvalue weighted by molar-refractivity contribution is 0.101. The van der Waals surface area contributed by atoms with Gasteiger partial charge in [0, 0.05) is 16.5 Å². The smallest absolute Gasteiger partial charge is 0.264 e. The van der Waals surface area contributed by atoms with Crippen molar-refractivity contribution in [2.45, 2.75) is 13.8 Å². The number of hydrogen-bond donors (Lipinski definition) is 0. The molecule has 0 aliphatic carbocycles. The van der Waals surface area contributed by atoms with E-state index in [1.807, 2.05) is 67.3 Å². The molecule has 0 saturated heterocycles. The standard InChI is InChI=1S/C22H16N2O/c1-13-7-9-15(10-8-13)24-19-12-14(2)11-18-21(19)20(22(24)25)16-5-3-4-6-17(16)23-18/h3-12H,1-2H3. The number of amides is 1. The average molecular weight is 324 g/mol. The molecule has 0 radical (unpaired) electrons. The van der Waals surface area contributed by atoms with Crippen molar-refractivity contribution < 1.29 is 4.79 Å². The van der Waals surface area contributed by atoms with E-state index in [9.17, 15) is 4.79 Å². The minimum Gasteiger partial charge on any atom is -0.276 e. The maximum atomic E-state index is 13.4. The maximum Gasteiger partial charge on any atom is 0.264 e. The van der Waals surface area contributed by atoms with Crippen LogP contribution in [0.2, 0.25) is 0 Å². The Kier molecular flexibility index (Phi) is 2.78. The van der Waals surface area contributed by atoms with Crippen LogP contribution in [0.25, 0.3) is 21.8 Å². The highest BCUT2D eigenvalue weighted by atomic mass is 16.2. The van der Waals surface area contributed by atoms with Gasteiger partial charge in [-0.05, 0) is 49.7 Å². The Hall–Kier alpha value is -3.20. The molecule has 0 fully saturated rings. The average Bonchev–Trinajstić information content (AvgIpc) is 2.89. The van der Waals surface area contributed by atoms with E-state index in [-0.39, 0.29) is 5.91 Å². The van der Waals surface area contributed by atoms with Crippen molar-refractivity contribution in [1.82, 2.24) is 4.98 Å². The molecule has 1 aromatic heterocycles. The van der Waals surface area contributed by atoms with Gasteiger partial charge in [-0.25, -0.2) is 4.98 Å². The SMILES string of the molecule is Cc1ccc(N2C(=O)c3c4ccccc4nc4cc(C)cc2c34)cc1. The molecule has 1 aliphatic rings. The summed E-state index contributed by atoms with van der Waals surface area (Å²) in [5, 5.41) is 1.87. The Morgan fingerprint density at radius 2 is 1.60 bits per heavy atom. The molecule has 3 nitrogen and oxygen atoms in total. The first-order valence-electron chi connectivity index (χ1n) is 8.38. The molecule has 2 heterocycles. The number of aryl methyl sites for hydroxylation is 2. The Labute approximate surface area is 145 Å². The number of nitrogens with zero attached hydrogens (tertiary/aromatic N) is 2. The maximum absolute atomic E-state index is 13.4. The Bertz CT molecular complexity index is 1180. The van der Waals surface area contributed by atoms with Crippen LogP contribution in [0.4, 0.5) is 11.4 Å². The zero-order valence-corrected chi connectivity index (χ0v) is 14.1. The summed E-state index contributed by atoms with van der Waals surface area (Å²) in [6.07, 6.45) is 0. The third-order valence-corrected chi connectivity index (χ3v) is 4.86. The van der Waals surface area contributed by atoms with E-state index >= 15 is 0 Å². The highest BCUT2D eigenvalue weighted by molar-refractivity contribution is 6.32. The first-order chi connectivity index (χ1) is 12.1. The number of aromatic nitrogens is 1. The van der Waals surface area contributed by atoms with Gasteiger partial charge in [-0.1, -0.05) is 35.9 Å². The van der Waals surface area contributed by atoms with Crippen molar-refractivity contribution in [3.8, 4) is 0 Å². The minimum absolute atomic E-state index is 0.0213. The van der Waals surface area contributed by atoms with Crippen molar-refractivity contribution in [3.05, 3.63) is 77.4 Å². The molecule has 3 aromatic carbocycles. The number of carbonyl (C=O) groups is 1. The fourth-order valence-corrected chi connectivity index (χ4v) is 3.71. The van der Waals surface area contributed by atoms with Gasteiger partial charge < -0.3 is 0 Å². The number of hydrogen-bond acceptors (Lipinski definition) is 2. The molecule has 1 aliphatic heterocycles. The van der Waals surface area contributed by atoms with Gasteiger partial charge in [0.25, 0.3) is 5.91 Å². The van der Waals surface area contributed by atoms with Crippen LogP contribution in [0.1, 0.15) is 21.5 Å². The second-order valence-electron chi connectivity index (χ2n) is 6.66. The lowest BCUT2D eigenvalue weighted by Crippen LogP contribution is -2.21. The first kappa shape index (κ1) is 14.2. The van der Waals surface area contributed by atoms with Crippen molar-refractivity contribution in [1.29, 1.82) is 0 Å². The van der Waals surface area contributed by atoms with E-state index in [0.29, 0.717) is 0 Å². The fourth-order valence-electron chi connectivity index (χ4n) is 3.71. The number of carbonyl (C=O) groups excluding carboxylic acids is 1. The van der Waals surface area contributed by atoms with E-state index < -0.39 is 0 Å². The van der Waals surface area contributed by atoms with Gasteiger partial charge in [-0.15, -0.1) is 0 Å². The molecule has 5 rings (SSSR count). The van der Waals surface area contributed by atoms with Gasteiger partial charge in [0.15, 0.2) is 0 Å². The third kappa shape index (κ3) is 1.92. The highest BCUT2D eigenvalue weighted by Crippen LogP contribution is 2.44. The summed E-state index contributed by atoms with van der Waals surface area (Å²) in [6, 6.07) is 20.1. The number of pyridine rings is 1. The lowest BCUT2D eigenvalue weighted by Gasteiger charge is -2.18. The van der Waals surface area contributed by atoms with E-state index in [1.54, 1.807) is 0 Å². The van der Waals surface area contributed by atoms with E-state index in [0.717, 1.165) is 44.3 Å². The summed E-state index contributed by atoms with van der Waals surface area (Å²) < 4.78 is 0. The van der Waals surface area contributed by atoms with Crippen molar-refractivity contribution in [3.63, 3.8) is 0 Å². The van der Waals surface area contributed by atoms with Gasteiger partial charge in [-0.2, -0.15) is 0 Å². The largest absolute Gasteiger partial charge is 0.276 e. The van der Waals surface area contributed by atoms with Crippen LogP contribution in [0.3, 0.4) is 0 Å². The van der Waals surface area contributed by atoms with Crippen LogP contribution < -0.4 is 4.90 Å². The zero-order chi connectivity index (χ0) is 17.1. The zero-order valence-electron chi connectivity index (χ0n) is 14.1. The number of fused-ring (bicyclic) bond motifs is 2. The van der Waals surface area contributed by atoms with Crippen LogP contribution >= 0.6 is 0 Å². The van der Waals surface area contributed by atoms with Crippen molar-refractivity contribution in [2.75, 3.05) is 4.90 Å². The molecule has 0 spiro atoms. The second-order valence-corrected chi connectivity index (χ2v) is 6.66. The van der Waals surface area contributed by atoms with Gasteiger partial charge in [0.2, 0.25) is 0 Å². The molecule has 120 valence electrons. The number of rotatable bonds is 1. The van der Waals surface area contributed by atoms with Gasteiger partial charge in [-0.3, -0.25) is 9.69 Å². The second kappa shape index (κ2) is 4.90. The molecule has 0 unspecified atom stereocenters. The third-order valence-electron chi connectivity index (χ3n) is 4.86. The van der Waals surface area contributed by atoms with Crippen LogP contribution in [0, 0.1) is 13.8 Å². The molecule has 0 N–H and O–H groups in total. The van der Waals surface area contributed by atoms with Crippen molar-refractivity contribution >= 4 is 39.1 Å². The summed E-state index contributed by atoms with van der Waals surface area (Å²) in [5.74, 6) is 0.0213. The summed E-state index contributed by atoms with van der Waals surface area (Å²) >= 11 is 0. The molecule has 3 heteroatoms. The van der Waals surface area contributed by atoms with Gasteiger partial charge in [0.05, 0.1) is 22.3 Å². The van der Waals surface area contributed by atoms with E-state index in [1.165, 1.54) is 5.56 Å². The lowest BCUT2D eigenvalue weighted by atomic mass is 10.0. The molecule has 0 bridgehead atoms. The predicted octanol–water partition coefficient (Wildman–Crippen LogP) is 5.30. The fraction of sp³-hybridized carbons (Fsp3) is 0.0909. The summed E-state index contributed by atoms with van der Waals surface area (Å²) in [6.45, 7) is 4.09. The molecule has 0 saturated carbocycles. The monoisotopic (exact) mass is 324 g/mol. The molecule has 0 atom stereocenters. The van der Waals surface area contributed by atoms with Crippen LogP contribution in [0.15, 0.2) is 60.7 Å². The van der Waals surface area contributed by atoms with E-state index in [2.05, 4.69) is 12.1 Å². The minimum atomic E-state index is 0.0213. The molecule has 4 aromatic rings. The van der Waals surface area contributed by atoms with Crippen LogP contribution in [-0.4, -0.2) is 10.9 Å².